The van der Waals surface area contributed by atoms with Gasteiger partial charge in [-0.3, -0.25) is 14.6 Å². The minimum Gasteiger partial charge on any atom is -0.459 e. The Hall–Kier alpha value is -1.06. The maximum absolute atomic E-state index is 11.8. The molecule has 1 heterocycles. The molecule has 8 heteroatoms. The summed E-state index contributed by atoms with van der Waals surface area (Å²) in [5.74, 6) is 0.911. The third-order valence-corrected chi connectivity index (χ3v) is 3.69. The van der Waals surface area contributed by atoms with Crippen LogP contribution in [-0.2, 0) is 14.3 Å². The van der Waals surface area contributed by atoms with Crippen LogP contribution in [0.1, 0.15) is 40.0 Å². The Kier molecular flexibility index (Phi) is 10.3. The molecule has 1 aliphatic rings. The number of nitrogens with one attached hydrogen (secondary N) is 2. The van der Waals surface area contributed by atoms with Gasteiger partial charge in [0.15, 0.2) is 5.96 Å². The highest BCUT2D eigenvalue weighted by atomic mass is 127. The summed E-state index contributed by atoms with van der Waals surface area (Å²) in [6.45, 7) is 7.29. The van der Waals surface area contributed by atoms with Gasteiger partial charge in [-0.1, -0.05) is 0 Å². The van der Waals surface area contributed by atoms with Crippen molar-refractivity contribution in [3.63, 3.8) is 0 Å². The third-order valence-electron chi connectivity index (χ3n) is 3.69. The van der Waals surface area contributed by atoms with E-state index in [1.54, 1.807) is 14.1 Å². The van der Waals surface area contributed by atoms with E-state index in [1.807, 2.05) is 20.8 Å². The molecule has 0 atom stereocenters. The summed E-state index contributed by atoms with van der Waals surface area (Å²) >= 11 is 0. The minimum absolute atomic E-state index is 0. The number of amides is 1. The fraction of sp³-hybridized carbons (Fsp3) is 0.812. The molecule has 7 nitrogen and oxygen atoms in total. The highest BCUT2D eigenvalue weighted by molar-refractivity contribution is 14.0. The van der Waals surface area contributed by atoms with Crippen molar-refractivity contribution >= 4 is 41.8 Å². The Morgan fingerprint density at radius 2 is 1.83 bits per heavy atom. The Morgan fingerprint density at radius 1 is 1.25 bits per heavy atom. The molecule has 1 aliphatic heterocycles. The molecule has 2 N–H and O–H groups in total. The molecule has 140 valence electrons. The average molecular weight is 454 g/mol. The standard InChI is InChI=1S/C16H30N4O3.HI/c1-16(2,3)23-14(22)11-19-15(18-5)20-8-6-12(7-9-20)10-13(21)17-4;/h12H,6-11H2,1-5H3,(H,17,21)(H,18,19);1H. The van der Waals surface area contributed by atoms with E-state index >= 15 is 0 Å². The monoisotopic (exact) mass is 454 g/mol. The summed E-state index contributed by atoms with van der Waals surface area (Å²) in [6.07, 6.45) is 2.47. The topological polar surface area (TPSA) is 83.0 Å². The van der Waals surface area contributed by atoms with Crippen molar-refractivity contribution in [2.75, 3.05) is 33.7 Å². The maximum atomic E-state index is 11.8. The summed E-state index contributed by atoms with van der Waals surface area (Å²) in [6, 6.07) is 0. The van der Waals surface area contributed by atoms with Gasteiger partial charge in [0.1, 0.15) is 12.1 Å². The lowest BCUT2D eigenvalue weighted by Gasteiger charge is -2.34. The fourth-order valence-electron chi connectivity index (χ4n) is 2.57. The highest BCUT2D eigenvalue weighted by Crippen LogP contribution is 2.20. The van der Waals surface area contributed by atoms with E-state index in [2.05, 4.69) is 20.5 Å². The van der Waals surface area contributed by atoms with Crippen molar-refractivity contribution in [1.29, 1.82) is 0 Å². The molecule has 24 heavy (non-hydrogen) atoms. The number of carbonyl (C=O) groups excluding carboxylic acids is 2. The van der Waals surface area contributed by atoms with Gasteiger partial charge in [-0.05, 0) is 39.5 Å². The van der Waals surface area contributed by atoms with Crippen LogP contribution in [0.3, 0.4) is 0 Å². The number of halogens is 1. The second-order valence-corrected chi connectivity index (χ2v) is 6.79. The van der Waals surface area contributed by atoms with E-state index in [4.69, 9.17) is 4.74 Å². The smallest absolute Gasteiger partial charge is 0.325 e. The molecule has 1 amide bonds. The van der Waals surface area contributed by atoms with E-state index in [1.165, 1.54) is 0 Å². The normalized spacial score (nSPS) is 16.2. The van der Waals surface area contributed by atoms with Crippen LogP contribution >= 0.6 is 24.0 Å². The molecule has 0 radical (unpaired) electrons. The van der Waals surface area contributed by atoms with Gasteiger partial charge < -0.3 is 20.3 Å². The molecule has 0 spiro atoms. The van der Waals surface area contributed by atoms with Crippen LogP contribution in [0.5, 0.6) is 0 Å². The number of carbonyl (C=O) groups is 2. The maximum Gasteiger partial charge on any atom is 0.325 e. The predicted molar refractivity (Wildman–Crippen MR) is 106 cm³/mol. The van der Waals surface area contributed by atoms with Crippen molar-refractivity contribution in [2.24, 2.45) is 10.9 Å². The van der Waals surface area contributed by atoms with Gasteiger partial charge >= 0.3 is 5.97 Å². The Morgan fingerprint density at radius 3 is 2.29 bits per heavy atom. The number of guanidine groups is 1. The predicted octanol–water partition coefficient (Wildman–Crippen LogP) is 1.37. The van der Waals surface area contributed by atoms with Crippen molar-refractivity contribution in [3.05, 3.63) is 0 Å². The van der Waals surface area contributed by atoms with Crippen LogP contribution in [0.2, 0.25) is 0 Å². The number of likely N-dealkylation sites (tertiary alicyclic amines) is 1. The van der Waals surface area contributed by atoms with Crippen molar-refractivity contribution in [2.45, 2.75) is 45.6 Å². The van der Waals surface area contributed by atoms with E-state index in [0.29, 0.717) is 18.3 Å². The summed E-state index contributed by atoms with van der Waals surface area (Å²) < 4.78 is 5.27. The van der Waals surface area contributed by atoms with Crippen LogP contribution in [-0.4, -0.2) is 62.1 Å². The molecule has 0 aromatic carbocycles. The highest BCUT2D eigenvalue weighted by Gasteiger charge is 2.24. The lowest BCUT2D eigenvalue weighted by molar-refractivity contribution is -0.153. The van der Waals surface area contributed by atoms with E-state index in [-0.39, 0.29) is 42.4 Å². The zero-order chi connectivity index (χ0) is 17.5. The molecule has 0 aromatic rings. The number of aliphatic imine (C=N–C) groups is 1. The Labute approximate surface area is 162 Å². The van der Waals surface area contributed by atoms with Crippen molar-refractivity contribution in [3.8, 4) is 0 Å². The van der Waals surface area contributed by atoms with Gasteiger partial charge in [-0.2, -0.15) is 0 Å². The lowest BCUT2D eigenvalue weighted by Crippen LogP contribution is -2.47. The number of ether oxygens (including phenoxy) is 1. The quantitative estimate of drug-likeness (QED) is 0.290. The van der Waals surface area contributed by atoms with E-state index in [0.717, 1.165) is 25.9 Å². The van der Waals surface area contributed by atoms with Crippen molar-refractivity contribution in [1.82, 2.24) is 15.5 Å². The van der Waals surface area contributed by atoms with Gasteiger partial charge in [-0.15, -0.1) is 24.0 Å². The SMILES string of the molecule is CN=C(NCC(=O)OC(C)(C)C)N1CCC(CC(=O)NC)CC1.I. The number of hydrogen-bond donors (Lipinski definition) is 2. The van der Waals surface area contributed by atoms with Gasteiger partial charge in [-0.25, -0.2) is 0 Å². The zero-order valence-corrected chi connectivity index (χ0v) is 17.7. The summed E-state index contributed by atoms with van der Waals surface area (Å²) in [5.41, 5.74) is -0.486. The minimum atomic E-state index is -0.486. The summed E-state index contributed by atoms with van der Waals surface area (Å²) in [7, 11) is 3.37. The second-order valence-electron chi connectivity index (χ2n) is 6.79. The molecule has 0 aromatic heterocycles. The molecular weight excluding hydrogens is 423 g/mol. The van der Waals surface area contributed by atoms with E-state index in [9.17, 15) is 9.59 Å². The Balaban J connectivity index is 0.00000529. The molecule has 0 aliphatic carbocycles. The van der Waals surface area contributed by atoms with Crippen LogP contribution in [0.15, 0.2) is 4.99 Å². The first kappa shape index (κ1) is 22.9. The fourth-order valence-corrected chi connectivity index (χ4v) is 2.57. The van der Waals surface area contributed by atoms with Crippen LogP contribution < -0.4 is 10.6 Å². The first-order valence-corrected chi connectivity index (χ1v) is 8.13. The second kappa shape index (κ2) is 10.7. The molecular formula is C16H31IN4O3. The van der Waals surface area contributed by atoms with E-state index < -0.39 is 5.60 Å². The van der Waals surface area contributed by atoms with Gasteiger partial charge in [0.05, 0.1) is 0 Å². The Bertz CT molecular complexity index is 441. The molecule has 0 bridgehead atoms. The number of nitrogens with zero attached hydrogens (tertiary/aromatic N) is 2. The summed E-state index contributed by atoms with van der Waals surface area (Å²) in [5, 5.41) is 5.72. The molecule has 1 rings (SSSR count). The van der Waals surface area contributed by atoms with Gasteiger partial charge in [0.2, 0.25) is 5.91 Å². The lowest BCUT2D eigenvalue weighted by atomic mass is 9.93. The molecule has 0 unspecified atom stereocenters. The largest absolute Gasteiger partial charge is 0.459 e. The van der Waals surface area contributed by atoms with Crippen LogP contribution in [0.4, 0.5) is 0 Å². The molecule has 1 fully saturated rings. The van der Waals surface area contributed by atoms with Crippen LogP contribution in [0, 0.1) is 5.92 Å². The van der Waals surface area contributed by atoms with Crippen LogP contribution in [0.25, 0.3) is 0 Å². The number of piperidine rings is 1. The first-order valence-electron chi connectivity index (χ1n) is 8.13. The molecule has 0 saturated carbocycles. The summed E-state index contributed by atoms with van der Waals surface area (Å²) in [4.78, 5) is 29.5. The number of rotatable bonds is 4. The van der Waals surface area contributed by atoms with Gasteiger partial charge in [0.25, 0.3) is 0 Å². The number of esters is 1. The van der Waals surface area contributed by atoms with Crippen molar-refractivity contribution < 1.29 is 14.3 Å². The third kappa shape index (κ3) is 8.70. The zero-order valence-electron chi connectivity index (χ0n) is 15.3. The average Bonchev–Trinajstić information content (AvgIpc) is 2.47. The van der Waals surface area contributed by atoms with Gasteiger partial charge in [0, 0.05) is 33.6 Å². The molecule has 1 saturated heterocycles. The first-order chi connectivity index (χ1) is 10.7. The number of hydrogen-bond acceptors (Lipinski definition) is 4.